The Balaban J connectivity index is 1.37. The number of carbonyl (C=O) groups is 1. The fourth-order valence-corrected chi connectivity index (χ4v) is 3.18. The van der Waals surface area contributed by atoms with Gasteiger partial charge in [0.25, 0.3) is 0 Å². The van der Waals surface area contributed by atoms with Crippen molar-refractivity contribution in [3.63, 3.8) is 0 Å². The lowest BCUT2D eigenvalue weighted by atomic mass is 10.0. The number of H-pyrrole nitrogens is 1. The van der Waals surface area contributed by atoms with Gasteiger partial charge in [0.15, 0.2) is 0 Å². The van der Waals surface area contributed by atoms with Gasteiger partial charge in [-0.25, -0.2) is 0 Å². The Bertz CT molecular complexity index is 1060. The summed E-state index contributed by atoms with van der Waals surface area (Å²) in [4.78, 5) is 15.5. The van der Waals surface area contributed by atoms with Crippen LogP contribution in [0.3, 0.4) is 0 Å². The predicted octanol–water partition coefficient (Wildman–Crippen LogP) is 4.40. The normalized spacial score (nSPS) is 10.8. The first-order valence-corrected chi connectivity index (χ1v) is 8.89. The minimum atomic E-state index is 0.00219. The molecule has 0 radical (unpaired) electrons. The first kappa shape index (κ1) is 16.9. The average molecular weight is 356 g/mol. The summed E-state index contributed by atoms with van der Waals surface area (Å²) in [6, 6.07) is 23.2. The van der Waals surface area contributed by atoms with Gasteiger partial charge in [-0.2, -0.15) is 0 Å². The second-order valence-corrected chi connectivity index (χ2v) is 6.56. The number of hydrogen-bond donors (Lipinski definition) is 3. The lowest BCUT2D eigenvalue weighted by Crippen LogP contribution is -2.24. The quantitative estimate of drug-likeness (QED) is 0.496. The Hall–Kier alpha value is -3.53. The van der Waals surface area contributed by atoms with Crippen molar-refractivity contribution >= 4 is 16.8 Å². The molecule has 0 fully saturated rings. The van der Waals surface area contributed by atoms with E-state index in [1.165, 1.54) is 0 Å². The van der Waals surface area contributed by atoms with E-state index in [4.69, 9.17) is 0 Å². The summed E-state index contributed by atoms with van der Waals surface area (Å²) < 4.78 is 0. The van der Waals surface area contributed by atoms with E-state index in [2.05, 4.69) is 10.3 Å². The van der Waals surface area contributed by atoms with E-state index in [1.54, 1.807) is 12.1 Å². The molecule has 0 aliphatic heterocycles. The van der Waals surface area contributed by atoms with Crippen LogP contribution >= 0.6 is 0 Å². The number of nitrogens with one attached hydrogen (secondary N) is 2. The number of hydrogen-bond acceptors (Lipinski definition) is 2. The zero-order valence-electron chi connectivity index (χ0n) is 14.8. The van der Waals surface area contributed by atoms with Gasteiger partial charge in [-0.3, -0.25) is 4.79 Å². The highest BCUT2D eigenvalue weighted by Crippen LogP contribution is 2.22. The molecule has 4 rings (SSSR count). The van der Waals surface area contributed by atoms with Crippen LogP contribution < -0.4 is 5.32 Å². The first-order valence-electron chi connectivity index (χ1n) is 8.89. The Morgan fingerprint density at radius 2 is 1.56 bits per heavy atom. The van der Waals surface area contributed by atoms with Gasteiger partial charge in [0.1, 0.15) is 5.75 Å². The number of phenolic OH excluding ortho intramolecular Hbond substituents is 1. The molecule has 4 heteroatoms. The Kier molecular flexibility index (Phi) is 4.62. The molecular formula is C23H20N2O2. The number of aromatic nitrogens is 1. The molecule has 0 saturated heterocycles. The summed E-state index contributed by atoms with van der Waals surface area (Å²) in [5.74, 6) is 0.260. The van der Waals surface area contributed by atoms with Gasteiger partial charge in [-0.1, -0.05) is 54.6 Å². The van der Waals surface area contributed by atoms with Crippen LogP contribution in [0, 0.1) is 0 Å². The first-order chi connectivity index (χ1) is 13.2. The third-order valence-corrected chi connectivity index (χ3v) is 4.67. The van der Waals surface area contributed by atoms with E-state index in [9.17, 15) is 9.90 Å². The van der Waals surface area contributed by atoms with E-state index in [0.717, 1.165) is 33.2 Å². The maximum absolute atomic E-state index is 12.3. The van der Waals surface area contributed by atoms with E-state index in [1.807, 2.05) is 66.9 Å². The maximum Gasteiger partial charge on any atom is 0.224 e. The molecule has 3 N–H and O–H groups in total. The molecule has 0 bridgehead atoms. The van der Waals surface area contributed by atoms with Crippen molar-refractivity contribution in [2.75, 3.05) is 0 Å². The molecule has 0 aliphatic rings. The van der Waals surface area contributed by atoms with Crippen LogP contribution in [0.2, 0.25) is 0 Å². The number of carbonyl (C=O) groups excluding carboxylic acids is 1. The zero-order valence-corrected chi connectivity index (χ0v) is 14.8. The SMILES string of the molecule is O=C(Cc1c[nH]c2ccccc12)NCc1ccc(-c2ccc(O)cc2)cc1. The molecule has 1 heterocycles. The van der Waals surface area contributed by atoms with Crippen molar-refractivity contribution in [1.82, 2.24) is 10.3 Å². The molecule has 0 atom stereocenters. The van der Waals surface area contributed by atoms with Crippen molar-refractivity contribution in [3.8, 4) is 16.9 Å². The number of aromatic amines is 1. The average Bonchev–Trinajstić information content (AvgIpc) is 3.10. The summed E-state index contributed by atoms with van der Waals surface area (Å²) in [5.41, 5.74) is 5.22. The third-order valence-electron chi connectivity index (χ3n) is 4.67. The molecule has 134 valence electrons. The van der Waals surface area contributed by atoms with Crippen LogP contribution in [0.25, 0.3) is 22.0 Å². The molecule has 4 aromatic rings. The van der Waals surface area contributed by atoms with Crippen molar-refractivity contribution in [3.05, 3.63) is 90.1 Å². The molecular weight excluding hydrogens is 336 g/mol. The summed E-state index contributed by atoms with van der Waals surface area (Å²) >= 11 is 0. The highest BCUT2D eigenvalue weighted by Gasteiger charge is 2.08. The lowest BCUT2D eigenvalue weighted by Gasteiger charge is -2.07. The maximum atomic E-state index is 12.3. The van der Waals surface area contributed by atoms with Crippen LogP contribution in [0.4, 0.5) is 0 Å². The van der Waals surface area contributed by atoms with Crippen molar-refractivity contribution < 1.29 is 9.90 Å². The van der Waals surface area contributed by atoms with Crippen LogP contribution in [0.1, 0.15) is 11.1 Å². The molecule has 0 aliphatic carbocycles. The van der Waals surface area contributed by atoms with Crippen molar-refractivity contribution in [2.45, 2.75) is 13.0 Å². The topological polar surface area (TPSA) is 65.1 Å². The minimum absolute atomic E-state index is 0.00219. The number of fused-ring (bicyclic) bond motifs is 1. The number of rotatable bonds is 5. The molecule has 27 heavy (non-hydrogen) atoms. The zero-order chi connectivity index (χ0) is 18.6. The van der Waals surface area contributed by atoms with Crippen molar-refractivity contribution in [1.29, 1.82) is 0 Å². The van der Waals surface area contributed by atoms with Gasteiger partial charge in [-0.05, 0) is 40.5 Å². The molecule has 1 amide bonds. The monoisotopic (exact) mass is 356 g/mol. The number of benzene rings is 3. The number of phenols is 1. The predicted molar refractivity (Wildman–Crippen MR) is 107 cm³/mol. The molecule has 3 aromatic carbocycles. The molecule has 0 saturated carbocycles. The van der Waals surface area contributed by atoms with Gasteiger partial charge in [-0.15, -0.1) is 0 Å². The van der Waals surface area contributed by atoms with Gasteiger partial charge in [0.05, 0.1) is 6.42 Å². The summed E-state index contributed by atoms with van der Waals surface area (Å²) in [7, 11) is 0. The second-order valence-electron chi connectivity index (χ2n) is 6.56. The second kappa shape index (κ2) is 7.38. The van der Waals surface area contributed by atoms with Crippen molar-refractivity contribution in [2.24, 2.45) is 0 Å². The van der Waals surface area contributed by atoms with Crippen LogP contribution in [0.15, 0.2) is 79.0 Å². The van der Waals surface area contributed by atoms with E-state index in [0.29, 0.717) is 13.0 Å². The summed E-state index contributed by atoms with van der Waals surface area (Å²) in [6.45, 7) is 0.497. The standard InChI is InChI=1S/C23H20N2O2/c26-20-11-9-18(10-12-20)17-7-5-16(6-8-17)14-25-23(27)13-19-15-24-22-4-2-1-3-21(19)22/h1-12,15,24,26H,13-14H2,(H,25,27). The fraction of sp³-hybridized carbons (Fsp3) is 0.0870. The minimum Gasteiger partial charge on any atom is -0.508 e. The van der Waals surface area contributed by atoms with E-state index >= 15 is 0 Å². The van der Waals surface area contributed by atoms with Gasteiger partial charge in [0.2, 0.25) is 5.91 Å². The third kappa shape index (κ3) is 3.85. The highest BCUT2D eigenvalue weighted by atomic mass is 16.3. The Labute approximate surface area is 157 Å². The fourth-order valence-electron chi connectivity index (χ4n) is 3.18. The molecule has 4 nitrogen and oxygen atoms in total. The van der Waals surface area contributed by atoms with Crippen LogP contribution in [-0.4, -0.2) is 16.0 Å². The Morgan fingerprint density at radius 3 is 2.30 bits per heavy atom. The lowest BCUT2D eigenvalue weighted by molar-refractivity contribution is -0.120. The number of amides is 1. The number of aromatic hydroxyl groups is 1. The van der Waals surface area contributed by atoms with Crippen LogP contribution in [0.5, 0.6) is 5.75 Å². The highest BCUT2D eigenvalue weighted by molar-refractivity contribution is 5.88. The summed E-state index contributed by atoms with van der Waals surface area (Å²) in [6.07, 6.45) is 2.26. The van der Waals surface area contributed by atoms with Crippen LogP contribution in [-0.2, 0) is 17.8 Å². The Morgan fingerprint density at radius 1 is 0.889 bits per heavy atom. The molecule has 1 aromatic heterocycles. The largest absolute Gasteiger partial charge is 0.508 e. The molecule has 0 spiro atoms. The number of para-hydroxylation sites is 1. The van der Waals surface area contributed by atoms with E-state index < -0.39 is 0 Å². The summed E-state index contributed by atoms with van der Waals surface area (Å²) in [5, 5.41) is 13.4. The molecule has 0 unspecified atom stereocenters. The van der Waals surface area contributed by atoms with Gasteiger partial charge < -0.3 is 15.4 Å². The van der Waals surface area contributed by atoms with E-state index in [-0.39, 0.29) is 11.7 Å². The smallest absolute Gasteiger partial charge is 0.224 e. The van der Waals surface area contributed by atoms with Gasteiger partial charge >= 0.3 is 0 Å². The van der Waals surface area contributed by atoms with Gasteiger partial charge in [0, 0.05) is 23.6 Å².